The number of carbonyl (C=O) groups is 1. The summed E-state index contributed by atoms with van der Waals surface area (Å²) < 4.78 is 1.78. The lowest BCUT2D eigenvalue weighted by Crippen LogP contribution is -2.19. The van der Waals surface area contributed by atoms with Crippen molar-refractivity contribution in [2.75, 3.05) is 18.9 Å². The Balaban J connectivity index is 0.00000200. The van der Waals surface area contributed by atoms with Gasteiger partial charge in [0.2, 0.25) is 5.91 Å². The van der Waals surface area contributed by atoms with Gasteiger partial charge in [-0.1, -0.05) is 0 Å². The van der Waals surface area contributed by atoms with Gasteiger partial charge in [0.25, 0.3) is 0 Å². The third-order valence-electron chi connectivity index (χ3n) is 2.60. The van der Waals surface area contributed by atoms with Crippen LogP contribution < -0.4 is 10.6 Å². The molecule has 2 aromatic rings. The smallest absolute Gasteiger partial charge is 0.226 e. The summed E-state index contributed by atoms with van der Waals surface area (Å²) in [6.45, 7) is 1.32. The molecule has 8 heteroatoms. The quantitative estimate of drug-likeness (QED) is 0.845. The van der Waals surface area contributed by atoms with E-state index in [2.05, 4.69) is 20.7 Å². The average Bonchev–Trinajstić information content (AvgIpc) is 2.85. The maximum atomic E-state index is 11.5. The normalized spacial score (nSPS) is 9.38. The van der Waals surface area contributed by atoms with E-state index in [0.717, 1.165) is 5.56 Å². The fraction of sp³-hybridized carbons (Fsp3) is 0.308. The van der Waals surface area contributed by atoms with Gasteiger partial charge >= 0.3 is 0 Å². The van der Waals surface area contributed by atoms with E-state index in [-0.39, 0.29) is 30.7 Å². The Morgan fingerprint density at radius 3 is 2.62 bits per heavy atom. The van der Waals surface area contributed by atoms with Gasteiger partial charge in [-0.25, -0.2) is 0 Å². The Hall–Kier alpha value is -1.63. The van der Waals surface area contributed by atoms with Crippen LogP contribution in [0.2, 0.25) is 0 Å². The number of nitrogens with one attached hydrogen (secondary N) is 2. The minimum absolute atomic E-state index is 0. The molecule has 0 radical (unpaired) electrons. The van der Waals surface area contributed by atoms with E-state index in [1.54, 1.807) is 23.1 Å². The first-order chi connectivity index (χ1) is 9.28. The van der Waals surface area contributed by atoms with Crippen LogP contribution in [-0.4, -0.2) is 34.3 Å². The molecule has 0 atom stereocenters. The van der Waals surface area contributed by atoms with Crippen LogP contribution in [0.15, 0.2) is 36.8 Å². The molecule has 0 saturated carbocycles. The lowest BCUT2D eigenvalue weighted by Gasteiger charge is -2.02. The molecule has 0 aromatic carbocycles. The van der Waals surface area contributed by atoms with Gasteiger partial charge < -0.3 is 10.6 Å². The van der Waals surface area contributed by atoms with E-state index in [1.165, 1.54) is 0 Å². The summed E-state index contributed by atoms with van der Waals surface area (Å²) in [4.78, 5) is 15.5. The minimum Gasteiger partial charge on any atom is -0.319 e. The molecule has 0 unspecified atom stereocenters. The summed E-state index contributed by atoms with van der Waals surface area (Å²) in [5, 5.41) is 9.99. The number of pyridine rings is 1. The number of carbonyl (C=O) groups excluding carboxylic acids is 1. The summed E-state index contributed by atoms with van der Waals surface area (Å²) in [5.74, 6) is 0.540. The molecule has 2 rings (SSSR count). The third kappa shape index (κ3) is 6.57. The van der Waals surface area contributed by atoms with E-state index in [4.69, 9.17) is 0 Å². The molecular formula is C13H19Cl2N5O. The molecule has 0 bridgehead atoms. The van der Waals surface area contributed by atoms with Gasteiger partial charge in [-0.2, -0.15) is 5.10 Å². The fourth-order valence-corrected chi connectivity index (χ4v) is 1.64. The van der Waals surface area contributed by atoms with Crippen molar-refractivity contribution in [1.29, 1.82) is 0 Å². The van der Waals surface area contributed by atoms with Crippen molar-refractivity contribution in [2.45, 2.75) is 13.0 Å². The Kier molecular flexibility index (Phi) is 9.36. The van der Waals surface area contributed by atoms with E-state index in [1.807, 2.05) is 25.4 Å². The van der Waals surface area contributed by atoms with Crippen molar-refractivity contribution < 1.29 is 4.79 Å². The molecule has 0 aliphatic carbocycles. The number of aromatic nitrogens is 3. The zero-order chi connectivity index (χ0) is 13.5. The maximum Gasteiger partial charge on any atom is 0.226 e. The van der Waals surface area contributed by atoms with E-state index < -0.39 is 0 Å². The molecule has 0 aliphatic rings. The van der Waals surface area contributed by atoms with Gasteiger partial charge in [0.15, 0.2) is 5.82 Å². The number of hydrogen-bond donors (Lipinski definition) is 2. The van der Waals surface area contributed by atoms with Crippen LogP contribution in [0.5, 0.6) is 0 Å². The first-order valence-electron chi connectivity index (χ1n) is 6.15. The Bertz CT molecular complexity index is 532. The molecule has 1 amide bonds. The van der Waals surface area contributed by atoms with E-state index in [0.29, 0.717) is 25.3 Å². The Morgan fingerprint density at radius 1 is 1.24 bits per heavy atom. The molecule has 21 heavy (non-hydrogen) atoms. The van der Waals surface area contributed by atoms with Crippen molar-refractivity contribution in [3.05, 3.63) is 42.4 Å². The first kappa shape index (κ1) is 19.4. The lowest BCUT2D eigenvalue weighted by atomic mass is 10.3. The molecule has 0 saturated heterocycles. The third-order valence-corrected chi connectivity index (χ3v) is 2.60. The number of halogens is 2. The second-order valence-corrected chi connectivity index (χ2v) is 4.16. The van der Waals surface area contributed by atoms with Gasteiger partial charge in [-0.15, -0.1) is 24.8 Å². The van der Waals surface area contributed by atoms with Crippen LogP contribution in [0.3, 0.4) is 0 Å². The van der Waals surface area contributed by atoms with Crippen LogP contribution in [0.1, 0.15) is 12.0 Å². The average molecular weight is 332 g/mol. The number of anilines is 1. The zero-order valence-corrected chi connectivity index (χ0v) is 13.3. The first-order valence-corrected chi connectivity index (χ1v) is 6.15. The topological polar surface area (TPSA) is 71.8 Å². The van der Waals surface area contributed by atoms with E-state index in [9.17, 15) is 4.79 Å². The molecule has 2 heterocycles. The van der Waals surface area contributed by atoms with Crippen molar-refractivity contribution in [3.8, 4) is 0 Å². The molecule has 2 aromatic heterocycles. The summed E-state index contributed by atoms with van der Waals surface area (Å²) in [7, 11) is 1.82. The fourth-order valence-electron chi connectivity index (χ4n) is 1.64. The highest BCUT2D eigenvalue weighted by molar-refractivity contribution is 5.89. The van der Waals surface area contributed by atoms with Crippen LogP contribution >= 0.6 is 24.8 Å². The van der Waals surface area contributed by atoms with Gasteiger partial charge in [0.05, 0.1) is 6.54 Å². The number of rotatable bonds is 6. The van der Waals surface area contributed by atoms with Gasteiger partial charge in [0.1, 0.15) is 0 Å². The molecular weight excluding hydrogens is 313 g/mol. The number of nitrogens with zero attached hydrogens (tertiary/aromatic N) is 3. The second-order valence-electron chi connectivity index (χ2n) is 4.16. The van der Waals surface area contributed by atoms with Crippen LogP contribution in [0.25, 0.3) is 0 Å². The SMILES string of the molecule is CNCCC(=O)Nc1ccn(Cc2ccncc2)n1.Cl.Cl. The summed E-state index contributed by atoms with van der Waals surface area (Å²) in [6, 6.07) is 5.66. The highest BCUT2D eigenvalue weighted by Gasteiger charge is 2.04. The largest absolute Gasteiger partial charge is 0.319 e. The Labute approximate surface area is 136 Å². The standard InChI is InChI=1S/C13H17N5O.2ClH/c1-14-6-4-13(19)16-12-5-9-18(17-12)10-11-2-7-15-8-3-11;;/h2-3,5,7-9,14H,4,6,10H2,1H3,(H,16,17,19);2*1H. The molecule has 6 nitrogen and oxygen atoms in total. The molecule has 0 spiro atoms. The van der Waals surface area contributed by atoms with Crippen molar-refractivity contribution in [1.82, 2.24) is 20.1 Å². The van der Waals surface area contributed by atoms with Gasteiger partial charge in [-0.3, -0.25) is 14.5 Å². The molecule has 2 N–H and O–H groups in total. The molecule has 116 valence electrons. The van der Waals surface area contributed by atoms with Crippen molar-refractivity contribution in [3.63, 3.8) is 0 Å². The van der Waals surface area contributed by atoms with Crippen molar-refractivity contribution in [2.24, 2.45) is 0 Å². The maximum absolute atomic E-state index is 11.5. The minimum atomic E-state index is -0.0384. The monoisotopic (exact) mass is 331 g/mol. The predicted molar refractivity (Wildman–Crippen MR) is 87.2 cm³/mol. The van der Waals surface area contributed by atoms with Crippen molar-refractivity contribution >= 4 is 36.5 Å². The second kappa shape index (κ2) is 10.1. The Morgan fingerprint density at radius 2 is 1.95 bits per heavy atom. The summed E-state index contributed by atoms with van der Waals surface area (Å²) in [5.41, 5.74) is 1.12. The molecule has 0 fully saturated rings. The van der Waals surface area contributed by atoms with E-state index >= 15 is 0 Å². The highest BCUT2D eigenvalue weighted by Crippen LogP contribution is 2.06. The van der Waals surface area contributed by atoms with Gasteiger partial charge in [0, 0.05) is 37.6 Å². The number of amides is 1. The zero-order valence-electron chi connectivity index (χ0n) is 11.7. The van der Waals surface area contributed by atoms with Crippen LogP contribution in [0, 0.1) is 0 Å². The summed E-state index contributed by atoms with van der Waals surface area (Å²) >= 11 is 0. The number of hydrogen-bond acceptors (Lipinski definition) is 4. The lowest BCUT2D eigenvalue weighted by molar-refractivity contribution is -0.116. The van der Waals surface area contributed by atoms with Gasteiger partial charge in [-0.05, 0) is 24.7 Å². The van der Waals surface area contributed by atoms with Crippen LogP contribution in [0.4, 0.5) is 5.82 Å². The molecule has 0 aliphatic heterocycles. The highest BCUT2D eigenvalue weighted by atomic mass is 35.5. The van der Waals surface area contributed by atoms with Crippen LogP contribution in [-0.2, 0) is 11.3 Å². The summed E-state index contributed by atoms with van der Waals surface area (Å²) in [6.07, 6.45) is 5.78. The predicted octanol–water partition coefficient (Wildman–Crippen LogP) is 1.72.